The average molecular weight is 521 g/mol. The number of aliphatic imine (C=N–C) groups is 2. The predicted molar refractivity (Wildman–Crippen MR) is 160 cm³/mol. The Morgan fingerprint density at radius 2 is 1.16 bits per heavy atom. The Bertz CT molecular complexity index is 1090. The molecule has 6 heteroatoms. The number of fused-ring (bicyclic) bond motifs is 4. The molecule has 0 aromatic heterocycles. The summed E-state index contributed by atoms with van der Waals surface area (Å²) >= 11 is 0. The van der Waals surface area contributed by atoms with Gasteiger partial charge in [0, 0.05) is 60.9 Å². The zero-order valence-electron chi connectivity index (χ0n) is 24.9. The van der Waals surface area contributed by atoms with Crippen molar-refractivity contribution in [1.82, 2.24) is 10.6 Å². The van der Waals surface area contributed by atoms with Crippen molar-refractivity contribution in [2.75, 3.05) is 13.1 Å². The largest absolute Gasteiger partial charge is 0.507 e. The number of rotatable bonds is 1. The number of hydrogen-bond acceptors (Lipinski definition) is 6. The van der Waals surface area contributed by atoms with Crippen LogP contribution in [0.5, 0.6) is 11.5 Å². The number of nitrogens with zero attached hydrogens (tertiary/aromatic N) is 2. The zero-order chi connectivity index (χ0) is 28.3. The van der Waals surface area contributed by atoms with Gasteiger partial charge in [-0.15, -0.1) is 0 Å². The van der Waals surface area contributed by atoms with Crippen LogP contribution in [-0.4, -0.2) is 41.9 Å². The highest BCUT2D eigenvalue weighted by Crippen LogP contribution is 2.32. The van der Waals surface area contributed by atoms with Crippen LogP contribution in [0.2, 0.25) is 0 Å². The molecule has 2 aromatic carbocycles. The highest BCUT2D eigenvalue weighted by atomic mass is 16.3. The summed E-state index contributed by atoms with van der Waals surface area (Å²) in [7, 11) is 0. The Balaban J connectivity index is 2.11. The highest BCUT2D eigenvalue weighted by molar-refractivity contribution is 5.86. The fourth-order valence-electron chi connectivity index (χ4n) is 4.49. The van der Waals surface area contributed by atoms with E-state index in [-0.39, 0.29) is 33.9 Å². The molecule has 6 nitrogen and oxygen atoms in total. The maximum absolute atomic E-state index is 11.1. The van der Waals surface area contributed by atoms with Gasteiger partial charge in [-0.3, -0.25) is 9.98 Å². The van der Waals surface area contributed by atoms with Gasteiger partial charge in [-0.1, -0.05) is 74.4 Å². The number of hydrogen-bond donors (Lipinski definition) is 4. The summed E-state index contributed by atoms with van der Waals surface area (Å²) in [6.07, 6.45) is 3.86. The first-order valence-corrected chi connectivity index (χ1v) is 13.8. The Morgan fingerprint density at radius 3 is 1.50 bits per heavy atom. The smallest absolute Gasteiger partial charge is 0.139 e. The van der Waals surface area contributed by atoms with E-state index in [4.69, 9.17) is 9.98 Å². The summed E-state index contributed by atoms with van der Waals surface area (Å²) in [5.74, 6) is 0.510. The fourth-order valence-corrected chi connectivity index (χ4v) is 4.49. The third kappa shape index (κ3) is 7.67. The molecule has 4 N–H and O–H groups in total. The average Bonchev–Trinajstić information content (AvgIpc) is 2.80. The summed E-state index contributed by atoms with van der Waals surface area (Å²) in [6.45, 7) is 22.2. The third-order valence-corrected chi connectivity index (χ3v) is 7.14. The second-order valence-electron chi connectivity index (χ2n) is 13.5. The number of phenolic OH excluding ortho intramolecular Hbond substituents is 2. The van der Waals surface area contributed by atoms with Crippen LogP contribution in [0, 0.1) is 5.41 Å². The minimum absolute atomic E-state index is 0.0388. The van der Waals surface area contributed by atoms with Crippen LogP contribution in [0.3, 0.4) is 0 Å². The molecule has 1 heterocycles. The lowest BCUT2D eigenvalue weighted by atomic mass is 9.84. The van der Waals surface area contributed by atoms with E-state index < -0.39 is 0 Å². The normalized spacial score (nSPS) is 19.1. The van der Waals surface area contributed by atoms with Crippen LogP contribution in [0.15, 0.2) is 34.3 Å². The van der Waals surface area contributed by atoms with Crippen molar-refractivity contribution in [1.29, 1.82) is 0 Å². The van der Waals surface area contributed by atoms with Crippen LogP contribution in [0.1, 0.15) is 102 Å². The second-order valence-corrected chi connectivity index (χ2v) is 13.5. The minimum atomic E-state index is -0.326. The fraction of sp³-hybridized carbons (Fsp3) is 0.562. The number of phenols is 2. The van der Waals surface area contributed by atoms with Crippen LogP contribution < -0.4 is 10.6 Å². The van der Waals surface area contributed by atoms with E-state index in [9.17, 15) is 10.2 Å². The van der Waals surface area contributed by atoms with Gasteiger partial charge >= 0.3 is 0 Å². The molecule has 38 heavy (non-hydrogen) atoms. The minimum Gasteiger partial charge on any atom is -0.507 e. The lowest BCUT2D eigenvalue weighted by molar-refractivity contribution is 0.317. The van der Waals surface area contributed by atoms with Gasteiger partial charge in [0.1, 0.15) is 17.7 Å². The standard InChI is InChI=1S/C32H48N4O2/c1-10-27-35-17-23-13-25(30(2,3)4)11-21(28(23)37)15-33-19-32(8,9)20-34-16-22-12-26(31(5,6)7)14-24(18-36-27)29(22)38/h11-14,17-18,27,33-34,37-38H,10,15-16,19-20H2,1-9H3. The molecular formula is C32H48N4O2. The topological polar surface area (TPSA) is 89.2 Å². The molecule has 4 bridgehead atoms. The first kappa shape index (κ1) is 29.9. The van der Waals surface area contributed by atoms with E-state index in [0.717, 1.165) is 35.3 Å². The van der Waals surface area contributed by atoms with Crippen molar-refractivity contribution in [3.8, 4) is 11.5 Å². The van der Waals surface area contributed by atoms with E-state index in [1.54, 1.807) is 12.4 Å². The van der Waals surface area contributed by atoms with Crippen molar-refractivity contribution < 1.29 is 10.2 Å². The van der Waals surface area contributed by atoms with Gasteiger partial charge in [0.2, 0.25) is 0 Å². The SMILES string of the molecule is CCC1N=Cc2cc(C(C)(C)C)cc(c2O)CNCC(C)(C)CNCc2cc(C(C)(C)C)cc(c2O)C=N1. The molecule has 0 radical (unpaired) electrons. The molecular weight excluding hydrogens is 472 g/mol. The van der Waals surface area contributed by atoms with E-state index in [1.807, 2.05) is 19.1 Å². The Morgan fingerprint density at radius 1 is 0.763 bits per heavy atom. The molecule has 3 rings (SSSR count). The highest BCUT2D eigenvalue weighted by Gasteiger charge is 2.22. The van der Waals surface area contributed by atoms with E-state index in [0.29, 0.717) is 30.6 Å². The maximum atomic E-state index is 11.1. The van der Waals surface area contributed by atoms with Gasteiger partial charge in [0.25, 0.3) is 0 Å². The van der Waals surface area contributed by atoms with Crippen LogP contribution >= 0.6 is 0 Å². The molecule has 0 unspecified atom stereocenters. The van der Waals surface area contributed by atoms with Gasteiger partial charge in [-0.2, -0.15) is 0 Å². The van der Waals surface area contributed by atoms with Crippen molar-refractivity contribution in [3.63, 3.8) is 0 Å². The van der Waals surface area contributed by atoms with Gasteiger partial charge < -0.3 is 20.8 Å². The van der Waals surface area contributed by atoms with Crippen LogP contribution in [-0.2, 0) is 23.9 Å². The first-order valence-electron chi connectivity index (χ1n) is 13.8. The predicted octanol–water partition coefficient (Wildman–Crippen LogP) is 6.19. The number of benzene rings is 2. The summed E-state index contributed by atoms with van der Waals surface area (Å²) < 4.78 is 0. The van der Waals surface area contributed by atoms with Crippen LogP contribution in [0.4, 0.5) is 0 Å². The lowest BCUT2D eigenvalue weighted by Crippen LogP contribution is -2.37. The van der Waals surface area contributed by atoms with E-state index in [1.165, 1.54) is 0 Å². The van der Waals surface area contributed by atoms with Crippen LogP contribution in [0.25, 0.3) is 0 Å². The van der Waals surface area contributed by atoms with Gasteiger partial charge in [-0.05, 0) is 45.9 Å². The van der Waals surface area contributed by atoms with Gasteiger partial charge in [0.15, 0.2) is 0 Å². The van der Waals surface area contributed by atoms with Crippen molar-refractivity contribution in [2.24, 2.45) is 15.4 Å². The molecule has 2 aromatic rings. The zero-order valence-corrected chi connectivity index (χ0v) is 24.9. The third-order valence-electron chi connectivity index (χ3n) is 7.14. The summed E-state index contributed by atoms with van der Waals surface area (Å²) in [5.41, 5.74) is 5.26. The molecule has 0 saturated carbocycles. The Hall–Kier alpha value is -2.70. The van der Waals surface area contributed by atoms with Gasteiger partial charge in [-0.25, -0.2) is 0 Å². The second kappa shape index (κ2) is 11.6. The first-order chi connectivity index (χ1) is 17.6. The molecule has 0 atom stereocenters. The molecule has 1 aliphatic heterocycles. The quantitative estimate of drug-likeness (QED) is 0.361. The molecule has 0 aliphatic carbocycles. The summed E-state index contributed by atoms with van der Waals surface area (Å²) in [6, 6.07) is 8.24. The van der Waals surface area contributed by atoms with Crippen molar-refractivity contribution in [3.05, 3.63) is 57.6 Å². The number of nitrogens with one attached hydrogen (secondary N) is 2. The molecule has 0 saturated heterocycles. The molecule has 208 valence electrons. The number of aromatic hydroxyl groups is 2. The maximum Gasteiger partial charge on any atom is 0.139 e. The monoisotopic (exact) mass is 520 g/mol. The Kier molecular flexibility index (Phi) is 9.10. The Labute approximate surface area is 229 Å². The van der Waals surface area contributed by atoms with E-state index >= 15 is 0 Å². The molecule has 0 amide bonds. The summed E-state index contributed by atoms with van der Waals surface area (Å²) in [5, 5.41) is 29.4. The summed E-state index contributed by atoms with van der Waals surface area (Å²) in [4.78, 5) is 9.46. The lowest BCUT2D eigenvalue weighted by Gasteiger charge is -2.27. The molecule has 1 aliphatic rings. The van der Waals surface area contributed by atoms with E-state index in [2.05, 4.69) is 78.2 Å². The molecule has 0 fully saturated rings. The molecule has 0 spiro atoms. The van der Waals surface area contributed by atoms with Crippen molar-refractivity contribution >= 4 is 12.4 Å². The van der Waals surface area contributed by atoms with Crippen molar-refractivity contribution in [2.45, 2.75) is 98.8 Å². The van der Waals surface area contributed by atoms with Gasteiger partial charge in [0.05, 0.1) is 0 Å².